The van der Waals surface area contributed by atoms with Gasteiger partial charge in [-0.15, -0.1) is 0 Å². The molecular formula is C19H24ClN3O2. The molecule has 1 aliphatic rings. The van der Waals surface area contributed by atoms with Gasteiger partial charge in [0.25, 0.3) is 0 Å². The number of methoxy groups -OCH3 is 1. The van der Waals surface area contributed by atoms with Crippen LogP contribution in [0.3, 0.4) is 0 Å². The summed E-state index contributed by atoms with van der Waals surface area (Å²) >= 11 is 6.19. The number of aromatic nitrogens is 2. The largest absolute Gasteiger partial charge is 0.383 e. The van der Waals surface area contributed by atoms with Crippen LogP contribution in [0.2, 0.25) is 5.02 Å². The average molecular weight is 362 g/mol. The van der Waals surface area contributed by atoms with E-state index in [0.717, 1.165) is 37.3 Å². The SMILES string of the molecule is COCCn1ccnc1[C@@H]1CCCN(C(=O)Cc2ccccc2Cl)C1. The Balaban J connectivity index is 1.66. The van der Waals surface area contributed by atoms with Crippen molar-refractivity contribution in [2.75, 3.05) is 26.8 Å². The second-order valence-electron chi connectivity index (χ2n) is 6.42. The van der Waals surface area contributed by atoms with E-state index in [-0.39, 0.29) is 11.8 Å². The number of ether oxygens (including phenoxy) is 1. The lowest BCUT2D eigenvalue weighted by Gasteiger charge is -2.33. The highest BCUT2D eigenvalue weighted by atomic mass is 35.5. The van der Waals surface area contributed by atoms with Crippen LogP contribution in [0.1, 0.15) is 30.1 Å². The Morgan fingerprint density at radius 2 is 2.24 bits per heavy atom. The summed E-state index contributed by atoms with van der Waals surface area (Å²) < 4.78 is 7.30. The van der Waals surface area contributed by atoms with Crippen LogP contribution in [-0.4, -0.2) is 47.2 Å². The van der Waals surface area contributed by atoms with Crippen LogP contribution < -0.4 is 0 Å². The van der Waals surface area contributed by atoms with E-state index in [9.17, 15) is 4.79 Å². The van der Waals surface area contributed by atoms with Gasteiger partial charge in [0.2, 0.25) is 5.91 Å². The lowest BCUT2D eigenvalue weighted by atomic mass is 9.96. The first-order valence-corrected chi connectivity index (χ1v) is 9.08. The molecule has 0 spiro atoms. The predicted octanol–water partition coefficient (Wildman–Crippen LogP) is 3.13. The zero-order chi connectivity index (χ0) is 17.6. The van der Waals surface area contributed by atoms with E-state index in [1.54, 1.807) is 7.11 Å². The normalized spacial score (nSPS) is 17.7. The van der Waals surface area contributed by atoms with Gasteiger partial charge in [-0.3, -0.25) is 4.79 Å². The van der Waals surface area contributed by atoms with Crippen molar-refractivity contribution in [2.45, 2.75) is 31.7 Å². The van der Waals surface area contributed by atoms with E-state index < -0.39 is 0 Å². The minimum absolute atomic E-state index is 0.132. The number of amides is 1. The van der Waals surface area contributed by atoms with Gasteiger partial charge in [-0.2, -0.15) is 0 Å². The Morgan fingerprint density at radius 1 is 1.40 bits per heavy atom. The fourth-order valence-electron chi connectivity index (χ4n) is 3.39. The topological polar surface area (TPSA) is 47.4 Å². The number of carbonyl (C=O) groups is 1. The Bertz CT molecular complexity index is 716. The summed E-state index contributed by atoms with van der Waals surface area (Å²) in [5, 5.41) is 0.652. The molecule has 1 saturated heterocycles. The van der Waals surface area contributed by atoms with E-state index in [1.165, 1.54) is 0 Å². The molecular weight excluding hydrogens is 338 g/mol. The molecule has 25 heavy (non-hydrogen) atoms. The number of hydrogen-bond donors (Lipinski definition) is 0. The van der Waals surface area contributed by atoms with Crippen LogP contribution in [0.5, 0.6) is 0 Å². The molecule has 0 saturated carbocycles. The van der Waals surface area contributed by atoms with Crippen LogP contribution in [0.25, 0.3) is 0 Å². The molecule has 1 amide bonds. The number of carbonyl (C=O) groups excluding carboxylic acids is 1. The van der Waals surface area contributed by atoms with Crippen LogP contribution in [0.15, 0.2) is 36.7 Å². The number of nitrogens with zero attached hydrogens (tertiary/aromatic N) is 3. The average Bonchev–Trinajstić information content (AvgIpc) is 3.10. The highest BCUT2D eigenvalue weighted by Crippen LogP contribution is 2.27. The van der Waals surface area contributed by atoms with Crippen LogP contribution in [0, 0.1) is 0 Å². The number of halogens is 1. The van der Waals surface area contributed by atoms with E-state index in [1.807, 2.05) is 41.6 Å². The molecule has 2 aromatic rings. The summed E-state index contributed by atoms with van der Waals surface area (Å²) in [5.74, 6) is 1.45. The van der Waals surface area contributed by atoms with Crippen molar-refractivity contribution >= 4 is 17.5 Å². The first-order valence-electron chi connectivity index (χ1n) is 8.70. The Kier molecular flexibility index (Phi) is 6.10. The van der Waals surface area contributed by atoms with Gasteiger partial charge in [0.05, 0.1) is 13.0 Å². The molecule has 1 aliphatic heterocycles. The van der Waals surface area contributed by atoms with Gasteiger partial charge in [0, 0.05) is 50.1 Å². The summed E-state index contributed by atoms with van der Waals surface area (Å²) in [6.07, 6.45) is 6.22. The molecule has 1 aromatic heterocycles. The van der Waals surface area contributed by atoms with E-state index in [4.69, 9.17) is 16.3 Å². The van der Waals surface area contributed by atoms with Crippen molar-refractivity contribution in [3.8, 4) is 0 Å². The molecule has 3 rings (SSSR count). The van der Waals surface area contributed by atoms with Crippen LogP contribution >= 0.6 is 11.6 Å². The number of hydrogen-bond acceptors (Lipinski definition) is 3. The number of piperidine rings is 1. The first kappa shape index (κ1) is 18.0. The Labute approximate surface area is 153 Å². The zero-order valence-electron chi connectivity index (χ0n) is 14.5. The van der Waals surface area contributed by atoms with Gasteiger partial charge in [-0.05, 0) is 24.5 Å². The van der Waals surface area contributed by atoms with Crippen LogP contribution in [-0.2, 0) is 22.5 Å². The van der Waals surface area contributed by atoms with Crippen molar-refractivity contribution < 1.29 is 9.53 Å². The standard InChI is InChI=1S/C19H24ClN3O2/c1-25-12-11-22-10-8-21-19(22)16-6-4-9-23(14-16)18(24)13-15-5-2-3-7-17(15)20/h2-3,5,7-8,10,16H,4,6,9,11-14H2,1H3/t16-/m1/s1. The molecule has 0 N–H and O–H groups in total. The fraction of sp³-hybridized carbons (Fsp3) is 0.474. The van der Waals surface area contributed by atoms with Crippen LogP contribution in [0.4, 0.5) is 0 Å². The highest BCUT2D eigenvalue weighted by molar-refractivity contribution is 6.31. The summed E-state index contributed by atoms with van der Waals surface area (Å²) in [5.41, 5.74) is 0.887. The fourth-order valence-corrected chi connectivity index (χ4v) is 3.59. The van der Waals surface area contributed by atoms with Gasteiger partial charge in [0.1, 0.15) is 5.82 Å². The lowest BCUT2D eigenvalue weighted by Crippen LogP contribution is -2.40. The van der Waals surface area contributed by atoms with Gasteiger partial charge in [0.15, 0.2) is 0 Å². The Hall–Kier alpha value is -1.85. The minimum Gasteiger partial charge on any atom is -0.383 e. The predicted molar refractivity (Wildman–Crippen MR) is 97.8 cm³/mol. The van der Waals surface area contributed by atoms with Gasteiger partial charge >= 0.3 is 0 Å². The maximum atomic E-state index is 12.7. The van der Waals surface area contributed by atoms with Gasteiger partial charge in [-0.25, -0.2) is 4.98 Å². The molecule has 5 nitrogen and oxygen atoms in total. The molecule has 0 unspecified atom stereocenters. The van der Waals surface area contributed by atoms with E-state index >= 15 is 0 Å². The van der Waals surface area contributed by atoms with Crippen molar-refractivity contribution in [3.63, 3.8) is 0 Å². The number of imidazole rings is 1. The summed E-state index contributed by atoms with van der Waals surface area (Å²) in [6.45, 7) is 2.97. The third-order valence-corrected chi connectivity index (χ3v) is 5.09. The van der Waals surface area contributed by atoms with Gasteiger partial charge < -0.3 is 14.2 Å². The van der Waals surface area contributed by atoms with Crippen molar-refractivity contribution in [1.29, 1.82) is 0 Å². The molecule has 2 heterocycles. The highest BCUT2D eigenvalue weighted by Gasteiger charge is 2.27. The molecule has 1 aromatic carbocycles. The van der Waals surface area contributed by atoms with E-state index in [2.05, 4.69) is 9.55 Å². The second-order valence-corrected chi connectivity index (χ2v) is 6.83. The van der Waals surface area contributed by atoms with Gasteiger partial charge in [-0.1, -0.05) is 29.8 Å². The van der Waals surface area contributed by atoms with Crippen molar-refractivity contribution in [3.05, 3.63) is 53.1 Å². The van der Waals surface area contributed by atoms with E-state index in [0.29, 0.717) is 24.6 Å². The lowest BCUT2D eigenvalue weighted by molar-refractivity contribution is -0.131. The first-order chi connectivity index (χ1) is 12.2. The van der Waals surface area contributed by atoms with Crippen molar-refractivity contribution in [1.82, 2.24) is 14.5 Å². The molecule has 134 valence electrons. The third kappa shape index (κ3) is 4.41. The monoisotopic (exact) mass is 361 g/mol. The maximum Gasteiger partial charge on any atom is 0.227 e. The Morgan fingerprint density at radius 3 is 3.04 bits per heavy atom. The number of rotatable bonds is 6. The molecule has 6 heteroatoms. The minimum atomic E-state index is 0.132. The summed E-state index contributed by atoms with van der Waals surface area (Å²) in [4.78, 5) is 19.2. The van der Waals surface area contributed by atoms with Crippen molar-refractivity contribution in [2.24, 2.45) is 0 Å². The smallest absolute Gasteiger partial charge is 0.227 e. The number of benzene rings is 1. The maximum absolute atomic E-state index is 12.7. The molecule has 1 atom stereocenters. The number of likely N-dealkylation sites (tertiary alicyclic amines) is 1. The third-order valence-electron chi connectivity index (χ3n) is 4.72. The summed E-state index contributed by atoms with van der Waals surface area (Å²) in [7, 11) is 1.70. The molecule has 0 aliphatic carbocycles. The second kappa shape index (κ2) is 8.50. The molecule has 1 fully saturated rings. The quantitative estimate of drug-likeness (QED) is 0.794. The molecule has 0 radical (unpaired) electrons. The summed E-state index contributed by atoms with van der Waals surface area (Å²) in [6, 6.07) is 7.54. The zero-order valence-corrected chi connectivity index (χ0v) is 15.3. The molecule has 0 bridgehead atoms.